The van der Waals surface area contributed by atoms with Gasteiger partial charge in [0, 0.05) is 38.8 Å². The normalized spacial score (nSPS) is 18.4. The summed E-state index contributed by atoms with van der Waals surface area (Å²) in [4.78, 5) is 31.8. The van der Waals surface area contributed by atoms with Crippen molar-refractivity contribution in [2.45, 2.75) is 31.3 Å². The first-order chi connectivity index (χ1) is 15.5. The molecule has 3 amide bonds. The van der Waals surface area contributed by atoms with Crippen LogP contribution < -0.4 is 4.74 Å². The molecule has 0 N–H and O–H groups in total. The standard InChI is InChI=1S/C26H31N3O3/c1-3-19-32-23-12-8-7-11-22(23)20-28-17-14-26(15-18-28)24(30)29(25(31)27(26)2)16-13-21-9-5-4-6-10-21/h3-12H,1,13-20H2,2H3. The van der Waals surface area contributed by atoms with Crippen molar-refractivity contribution in [1.29, 1.82) is 0 Å². The minimum atomic E-state index is -0.719. The third kappa shape index (κ3) is 4.28. The summed E-state index contributed by atoms with van der Waals surface area (Å²) in [5.41, 5.74) is 1.53. The lowest BCUT2D eigenvalue weighted by molar-refractivity contribution is -0.135. The average Bonchev–Trinajstić information content (AvgIpc) is 3.00. The van der Waals surface area contributed by atoms with Gasteiger partial charge >= 0.3 is 6.03 Å². The predicted molar refractivity (Wildman–Crippen MR) is 124 cm³/mol. The van der Waals surface area contributed by atoms with Crippen LogP contribution in [0.3, 0.4) is 0 Å². The molecule has 0 radical (unpaired) electrons. The lowest BCUT2D eigenvalue weighted by atomic mass is 9.86. The lowest BCUT2D eigenvalue weighted by Gasteiger charge is -2.41. The number of hydrogen-bond donors (Lipinski definition) is 0. The molecule has 2 aromatic carbocycles. The number of likely N-dealkylation sites (tertiary alicyclic amines) is 1. The summed E-state index contributed by atoms with van der Waals surface area (Å²) >= 11 is 0. The molecule has 2 heterocycles. The lowest BCUT2D eigenvalue weighted by Crippen LogP contribution is -2.55. The van der Waals surface area contributed by atoms with Crippen LogP contribution in [0.15, 0.2) is 67.3 Å². The zero-order chi connectivity index (χ0) is 22.6. The highest BCUT2D eigenvalue weighted by Crippen LogP contribution is 2.37. The molecule has 2 aliphatic rings. The minimum absolute atomic E-state index is 0.0460. The SMILES string of the molecule is C=CCOc1ccccc1CN1CCC2(CC1)C(=O)N(CCc1ccccc1)C(=O)N2C. The maximum atomic E-state index is 13.4. The van der Waals surface area contributed by atoms with Gasteiger partial charge in [-0.3, -0.25) is 14.6 Å². The summed E-state index contributed by atoms with van der Waals surface area (Å²) < 4.78 is 5.79. The number of piperidine rings is 1. The van der Waals surface area contributed by atoms with E-state index in [2.05, 4.69) is 17.5 Å². The van der Waals surface area contributed by atoms with Gasteiger partial charge in [0.2, 0.25) is 0 Å². The van der Waals surface area contributed by atoms with Crippen LogP contribution in [-0.4, -0.2) is 65.5 Å². The number of carbonyl (C=O) groups excluding carboxylic acids is 2. The van der Waals surface area contributed by atoms with Gasteiger partial charge in [-0.05, 0) is 30.9 Å². The first-order valence-electron chi connectivity index (χ1n) is 11.2. The average molecular weight is 434 g/mol. The molecule has 2 saturated heterocycles. The molecule has 0 atom stereocenters. The topological polar surface area (TPSA) is 53.1 Å². The molecule has 32 heavy (non-hydrogen) atoms. The van der Waals surface area contributed by atoms with E-state index in [-0.39, 0.29) is 11.9 Å². The summed E-state index contributed by atoms with van der Waals surface area (Å²) in [7, 11) is 1.77. The summed E-state index contributed by atoms with van der Waals surface area (Å²) in [5.74, 6) is 0.819. The molecule has 2 aromatic rings. The van der Waals surface area contributed by atoms with Crippen LogP contribution in [0, 0.1) is 0 Å². The Morgan fingerprint density at radius 2 is 1.72 bits per heavy atom. The second-order valence-electron chi connectivity index (χ2n) is 8.55. The fourth-order valence-corrected chi connectivity index (χ4v) is 4.72. The van der Waals surface area contributed by atoms with Crippen LogP contribution in [0.1, 0.15) is 24.0 Å². The molecule has 2 aliphatic heterocycles. The molecule has 4 rings (SSSR count). The molecule has 6 heteroatoms. The van der Waals surface area contributed by atoms with Crippen LogP contribution >= 0.6 is 0 Å². The van der Waals surface area contributed by atoms with E-state index in [4.69, 9.17) is 4.74 Å². The van der Waals surface area contributed by atoms with E-state index in [1.54, 1.807) is 18.0 Å². The number of ether oxygens (including phenoxy) is 1. The third-order valence-electron chi connectivity index (χ3n) is 6.68. The maximum absolute atomic E-state index is 13.4. The van der Waals surface area contributed by atoms with Gasteiger partial charge in [0.15, 0.2) is 0 Å². The van der Waals surface area contributed by atoms with E-state index in [1.807, 2.05) is 48.5 Å². The van der Waals surface area contributed by atoms with Crippen molar-refractivity contribution in [1.82, 2.24) is 14.7 Å². The van der Waals surface area contributed by atoms with Crippen molar-refractivity contribution in [3.8, 4) is 5.75 Å². The number of hydrogen-bond acceptors (Lipinski definition) is 4. The Bertz CT molecular complexity index is 967. The molecule has 0 unspecified atom stereocenters. The molecule has 0 aromatic heterocycles. The van der Waals surface area contributed by atoms with Crippen LogP contribution in [0.2, 0.25) is 0 Å². The molecule has 0 saturated carbocycles. The first-order valence-corrected chi connectivity index (χ1v) is 11.2. The number of benzene rings is 2. The summed E-state index contributed by atoms with van der Waals surface area (Å²) in [6.07, 6.45) is 3.70. The van der Waals surface area contributed by atoms with Gasteiger partial charge in [0.1, 0.15) is 17.9 Å². The Kier molecular flexibility index (Phi) is 6.61. The molecule has 2 fully saturated rings. The van der Waals surface area contributed by atoms with Crippen molar-refractivity contribution in [2.24, 2.45) is 0 Å². The molecule has 1 spiro atoms. The second-order valence-corrected chi connectivity index (χ2v) is 8.55. The zero-order valence-electron chi connectivity index (χ0n) is 18.7. The summed E-state index contributed by atoms with van der Waals surface area (Å²) in [6.45, 7) is 6.88. The van der Waals surface area contributed by atoms with Gasteiger partial charge in [-0.15, -0.1) is 0 Å². The smallest absolute Gasteiger partial charge is 0.327 e. The van der Waals surface area contributed by atoms with Crippen LogP contribution in [0.4, 0.5) is 4.79 Å². The van der Waals surface area contributed by atoms with Crippen molar-refractivity contribution in [2.75, 3.05) is 33.3 Å². The quantitative estimate of drug-likeness (QED) is 0.470. The van der Waals surface area contributed by atoms with E-state index < -0.39 is 5.54 Å². The predicted octanol–water partition coefficient (Wildman–Crippen LogP) is 3.72. The van der Waals surface area contributed by atoms with E-state index in [9.17, 15) is 9.59 Å². The Hall–Kier alpha value is -3.12. The largest absolute Gasteiger partial charge is 0.489 e. The maximum Gasteiger partial charge on any atom is 0.327 e. The Balaban J connectivity index is 1.39. The van der Waals surface area contributed by atoms with Crippen molar-refractivity contribution in [3.05, 3.63) is 78.4 Å². The number of carbonyl (C=O) groups is 2. The highest BCUT2D eigenvalue weighted by Gasteiger charge is 2.56. The highest BCUT2D eigenvalue weighted by atomic mass is 16.5. The molecule has 0 bridgehead atoms. The van der Waals surface area contributed by atoms with E-state index >= 15 is 0 Å². The van der Waals surface area contributed by atoms with Gasteiger partial charge < -0.3 is 9.64 Å². The fourth-order valence-electron chi connectivity index (χ4n) is 4.72. The Morgan fingerprint density at radius 3 is 2.44 bits per heavy atom. The number of amides is 3. The highest BCUT2D eigenvalue weighted by molar-refractivity contribution is 6.07. The van der Waals surface area contributed by atoms with Gasteiger partial charge in [-0.25, -0.2) is 4.79 Å². The van der Waals surface area contributed by atoms with Crippen molar-refractivity contribution < 1.29 is 14.3 Å². The third-order valence-corrected chi connectivity index (χ3v) is 6.68. The number of rotatable bonds is 8. The first kappa shape index (κ1) is 22.1. The number of urea groups is 1. The number of likely N-dealkylation sites (N-methyl/N-ethyl adjacent to an activating group) is 1. The molecular weight excluding hydrogens is 402 g/mol. The zero-order valence-corrected chi connectivity index (χ0v) is 18.7. The van der Waals surface area contributed by atoms with Crippen LogP contribution in [0.25, 0.3) is 0 Å². The van der Waals surface area contributed by atoms with E-state index in [0.717, 1.165) is 36.5 Å². The number of para-hydroxylation sites is 1. The Morgan fingerprint density at radius 1 is 1.03 bits per heavy atom. The van der Waals surface area contributed by atoms with Crippen LogP contribution in [0.5, 0.6) is 5.75 Å². The molecule has 6 nitrogen and oxygen atoms in total. The minimum Gasteiger partial charge on any atom is -0.489 e. The monoisotopic (exact) mass is 433 g/mol. The number of imide groups is 1. The summed E-state index contributed by atoms with van der Waals surface area (Å²) in [6, 6.07) is 17.8. The molecule has 0 aliphatic carbocycles. The van der Waals surface area contributed by atoms with Gasteiger partial charge in [-0.2, -0.15) is 0 Å². The van der Waals surface area contributed by atoms with Gasteiger partial charge in [0.25, 0.3) is 5.91 Å². The summed E-state index contributed by atoms with van der Waals surface area (Å²) in [5, 5.41) is 0. The van der Waals surface area contributed by atoms with Crippen molar-refractivity contribution in [3.63, 3.8) is 0 Å². The number of nitrogens with zero attached hydrogens (tertiary/aromatic N) is 3. The fraction of sp³-hybridized carbons (Fsp3) is 0.385. The second kappa shape index (κ2) is 9.57. The van der Waals surface area contributed by atoms with E-state index in [1.165, 1.54) is 4.90 Å². The van der Waals surface area contributed by atoms with Crippen molar-refractivity contribution >= 4 is 11.9 Å². The van der Waals surface area contributed by atoms with Gasteiger partial charge in [-0.1, -0.05) is 61.2 Å². The van der Waals surface area contributed by atoms with Gasteiger partial charge in [0.05, 0.1) is 0 Å². The van der Waals surface area contributed by atoms with Crippen LogP contribution in [-0.2, 0) is 17.8 Å². The van der Waals surface area contributed by atoms with E-state index in [0.29, 0.717) is 32.4 Å². The Labute approximate surface area is 190 Å². The molecular formula is C26H31N3O3. The molecule has 168 valence electrons.